The maximum atomic E-state index is 11.8. The third-order valence-electron chi connectivity index (χ3n) is 2.02. The lowest BCUT2D eigenvalue weighted by Crippen LogP contribution is -2.29. The highest BCUT2D eigenvalue weighted by atomic mass is 32.2. The van der Waals surface area contributed by atoms with Crippen LogP contribution in [0.4, 0.5) is 0 Å². The summed E-state index contributed by atoms with van der Waals surface area (Å²) in [5, 5.41) is 1.64. The lowest BCUT2D eigenvalue weighted by Gasteiger charge is -2.04. The number of sulfonamides is 1. The molecular weight excluding hydrogens is 258 g/mol. The molecule has 0 aliphatic carbocycles. The van der Waals surface area contributed by atoms with E-state index < -0.39 is 15.9 Å². The highest BCUT2D eigenvalue weighted by Crippen LogP contribution is 2.15. The molecule has 0 saturated heterocycles. The molecule has 0 radical (unpaired) electrons. The van der Waals surface area contributed by atoms with Gasteiger partial charge < -0.3 is 0 Å². The average molecular weight is 267 g/mol. The summed E-state index contributed by atoms with van der Waals surface area (Å²) in [6, 6.07) is 11.3. The smallest absolute Gasteiger partial charge is 0.268 e. The van der Waals surface area contributed by atoms with Gasteiger partial charge in [0.1, 0.15) is 4.21 Å². The number of thiophene rings is 1. The molecule has 1 N–H and O–H groups in total. The van der Waals surface area contributed by atoms with E-state index in [9.17, 15) is 13.2 Å². The van der Waals surface area contributed by atoms with Crippen LogP contribution in [0.1, 0.15) is 10.4 Å². The van der Waals surface area contributed by atoms with Gasteiger partial charge in [-0.25, -0.2) is 13.1 Å². The quantitative estimate of drug-likeness (QED) is 0.923. The number of amides is 1. The van der Waals surface area contributed by atoms with Gasteiger partial charge in [0.05, 0.1) is 0 Å². The van der Waals surface area contributed by atoms with Gasteiger partial charge in [0.15, 0.2) is 0 Å². The zero-order chi connectivity index (χ0) is 12.3. The first-order valence-electron chi connectivity index (χ1n) is 4.75. The van der Waals surface area contributed by atoms with E-state index in [1.54, 1.807) is 41.8 Å². The summed E-state index contributed by atoms with van der Waals surface area (Å²) in [6.07, 6.45) is 0. The Morgan fingerprint density at radius 1 is 1.06 bits per heavy atom. The molecule has 17 heavy (non-hydrogen) atoms. The van der Waals surface area contributed by atoms with Crippen molar-refractivity contribution in [2.24, 2.45) is 0 Å². The molecule has 1 aromatic heterocycles. The van der Waals surface area contributed by atoms with Crippen LogP contribution < -0.4 is 4.72 Å². The van der Waals surface area contributed by atoms with Gasteiger partial charge in [-0.2, -0.15) is 0 Å². The van der Waals surface area contributed by atoms with E-state index in [-0.39, 0.29) is 4.21 Å². The Morgan fingerprint density at radius 2 is 1.76 bits per heavy atom. The SMILES string of the molecule is O=C(NS(=O)(=O)c1cccs1)c1ccccc1. The number of hydrogen-bond acceptors (Lipinski definition) is 4. The fourth-order valence-electron chi connectivity index (χ4n) is 1.24. The van der Waals surface area contributed by atoms with Crippen molar-refractivity contribution >= 4 is 27.3 Å². The van der Waals surface area contributed by atoms with Crippen LogP contribution in [0.5, 0.6) is 0 Å². The predicted molar refractivity (Wildman–Crippen MR) is 65.4 cm³/mol. The molecule has 2 rings (SSSR count). The van der Waals surface area contributed by atoms with Crippen LogP contribution in [0.2, 0.25) is 0 Å². The minimum atomic E-state index is -3.75. The average Bonchev–Trinajstić information content (AvgIpc) is 2.84. The van der Waals surface area contributed by atoms with Crippen LogP contribution in [-0.2, 0) is 10.0 Å². The molecule has 0 spiro atoms. The Labute approximate surface area is 103 Å². The maximum absolute atomic E-state index is 11.8. The summed E-state index contributed by atoms with van der Waals surface area (Å²) < 4.78 is 25.7. The molecule has 0 saturated carbocycles. The van der Waals surface area contributed by atoms with Crippen LogP contribution in [0.3, 0.4) is 0 Å². The van der Waals surface area contributed by atoms with Crippen LogP contribution in [0, 0.1) is 0 Å². The van der Waals surface area contributed by atoms with Crippen molar-refractivity contribution in [3.8, 4) is 0 Å². The molecular formula is C11H9NO3S2. The molecule has 0 bridgehead atoms. The molecule has 0 fully saturated rings. The van der Waals surface area contributed by atoms with E-state index in [1.165, 1.54) is 6.07 Å². The first-order chi connectivity index (χ1) is 8.09. The van der Waals surface area contributed by atoms with Crippen molar-refractivity contribution in [1.82, 2.24) is 4.72 Å². The molecule has 1 heterocycles. The standard InChI is InChI=1S/C11H9NO3S2/c13-11(9-5-2-1-3-6-9)12-17(14,15)10-7-4-8-16-10/h1-8H,(H,12,13). The molecule has 88 valence electrons. The second-order valence-corrected chi connectivity index (χ2v) is 6.09. The number of hydrogen-bond donors (Lipinski definition) is 1. The number of nitrogens with one attached hydrogen (secondary N) is 1. The lowest BCUT2D eigenvalue weighted by atomic mass is 10.2. The van der Waals surface area contributed by atoms with Crippen LogP contribution in [0.15, 0.2) is 52.1 Å². The van der Waals surface area contributed by atoms with Gasteiger partial charge in [-0.1, -0.05) is 24.3 Å². The highest BCUT2D eigenvalue weighted by molar-refractivity contribution is 7.92. The molecule has 0 unspecified atom stereocenters. The molecule has 1 amide bonds. The maximum Gasteiger partial charge on any atom is 0.273 e. The van der Waals surface area contributed by atoms with Crippen molar-refractivity contribution < 1.29 is 13.2 Å². The molecule has 6 heteroatoms. The van der Waals surface area contributed by atoms with Gasteiger partial charge in [0, 0.05) is 5.56 Å². The van der Waals surface area contributed by atoms with Crippen molar-refractivity contribution in [3.63, 3.8) is 0 Å². The van der Waals surface area contributed by atoms with Crippen molar-refractivity contribution in [2.75, 3.05) is 0 Å². The summed E-state index contributed by atoms with van der Waals surface area (Å²) in [5.41, 5.74) is 0.313. The minimum Gasteiger partial charge on any atom is -0.268 e. The van der Waals surface area contributed by atoms with Crippen molar-refractivity contribution in [3.05, 3.63) is 53.4 Å². The third kappa shape index (κ3) is 2.72. The Bertz CT molecular complexity index is 603. The number of rotatable bonds is 3. The largest absolute Gasteiger partial charge is 0.273 e. The van der Waals surface area contributed by atoms with E-state index in [0.717, 1.165) is 11.3 Å². The Balaban J connectivity index is 2.21. The van der Waals surface area contributed by atoms with Crippen molar-refractivity contribution in [1.29, 1.82) is 0 Å². The third-order valence-corrected chi connectivity index (χ3v) is 4.75. The number of carbonyl (C=O) groups excluding carboxylic acids is 1. The Kier molecular flexibility index (Phi) is 3.26. The van der Waals surface area contributed by atoms with Gasteiger partial charge in [0.2, 0.25) is 0 Å². The van der Waals surface area contributed by atoms with Crippen LogP contribution in [-0.4, -0.2) is 14.3 Å². The summed E-state index contributed by atoms with van der Waals surface area (Å²) in [5.74, 6) is -0.626. The first-order valence-corrected chi connectivity index (χ1v) is 7.11. The van der Waals surface area contributed by atoms with Crippen molar-refractivity contribution in [2.45, 2.75) is 4.21 Å². The summed E-state index contributed by atoms with van der Waals surface area (Å²) in [4.78, 5) is 11.7. The van der Waals surface area contributed by atoms with Gasteiger partial charge in [0.25, 0.3) is 15.9 Å². The number of carbonyl (C=O) groups is 1. The fourth-order valence-corrected chi connectivity index (χ4v) is 3.20. The molecule has 0 atom stereocenters. The molecule has 1 aromatic carbocycles. The van der Waals surface area contributed by atoms with E-state index in [2.05, 4.69) is 0 Å². The second-order valence-electron chi connectivity index (χ2n) is 3.23. The van der Waals surface area contributed by atoms with E-state index in [4.69, 9.17) is 0 Å². The predicted octanol–water partition coefficient (Wildman–Crippen LogP) is 1.87. The monoisotopic (exact) mass is 267 g/mol. The Morgan fingerprint density at radius 3 is 2.35 bits per heavy atom. The van der Waals surface area contributed by atoms with E-state index in [1.807, 2.05) is 4.72 Å². The van der Waals surface area contributed by atoms with E-state index in [0.29, 0.717) is 5.56 Å². The lowest BCUT2D eigenvalue weighted by molar-refractivity contribution is 0.0981. The van der Waals surface area contributed by atoms with E-state index >= 15 is 0 Å². The summed E-state index contributed by atoms with van der Waals surface area (Å²) in [6.45, 7) is 0. The Hall–Kier alpha value is -1.66. The van der Waals surface area contributed by atoms with Gasteiger partial charge >= 0.3 is 0 Å². The zero-order valence-electron chi connectivity index (χ0n) is 8.66. The minimum absolute atomic E-state index is 0.127. The summed E-state index contributed by atoms with van der Waals surface area (Å²) >= 11 is 1.06. The first kappa shape index (κ1) is 11.8. The highest BCUT2D eigenvalue weighted by Gasteiger charge is 2.19. The molecule has 0 aliphatic heterocycles. The zero-order valence-corrected chi connectivity index (χ0v) is 10.3. The van der Waals surface area contributed by atoms with Gasteiger partial charge in [-0.05, 0) is 23.6 Å². The van der Waals surface area contributed by atoms with Gasteiger partial charge in [-0.15, -0.1) is 11.3 Å². The van der Waals surface area contributed by atoms with Crippen LogP contribution >= 0.6 is 11.3 Å². The number of benzene rings is 1. The fraction of sp³-hybridized carbons (Fsp3) is 0. The molecule has 4 nitrogen and oxygen atoms in total. The topological polar surface area (TPSA) is 63.2 Å². The molecule has 2 aromatic rings. The second kappa shape index (κ2) is 4.68. The normalized spacial score (nSPS) is 11.1. The summed E-state index contributed by atoms with van der Waals surface area (Å²) in [7, 11) is -3.75. The van der Waals surface area contributed by atoms with Crippen LogP contribution in [0.25, 0.3) is 0 Å². The van der Waals surface area contributed by atoms with Gasteiger partial charge in [-0.3, -0.25) is 4.79 Å². The molecule has 0 aliphatic rings.